The van der Waals surface area contributed by atoms with Crippen molar-refractivity contribution >= 4 is 16.8 Å². The van der Waals surface area contributed by atoms with Crippen LogP contribution < -0.4 is 4.74 Å². The van der Waals surface area contributed by atoms with E-state index in [0.717, 1.165) is 11.6 Å². The Morgan fingerprint density at radius 3 is 2.59 bits per heavy atom. The number of aryl methyl sites for hydroxylation is 1. The first-order chi connectivity index (χ1) is 14.0. The molecule has 1 aromatic heterocycles. The highest BCUT2D eigenvalue weighted by molar-refractivity contribution is 6.10. The molecule has 0 spiro atoms. The molecule has 0 saturated carbocycles. The van der Waals surface area contributed by atoms with Gasteiger partial charge >= 0.3 is 0 Å². The minimum absolute atomic E-state index is 0.0991. The van der Waals surface area contributed by atoms with Crippen molar-refractivity contribution in [2.75, 3.05) is 0 Å². The first kappa shape index (κ1) is 18.7. The molecular formula is C23H16F2N2O2. The number of carbonyl (C=O) groups excluding carboxylic acids is 1. The molecule has 144 valence electrons. The van der Waals surface area contributed by atoms with Gasteiger partial charge in [-0.1, -0.05) is 30.3 Å². The zero-order valence-corrected chi connectivity index (χ0v) is 15.5. The molecule has 0 unspecified atom stereocenters. The van der Waals surface area contributed by atoms with Gasteiger partial charge in [-0.25, -0.2) is 13.8 Å². The van der Waals surface area contributed by atoms with Crippen molar-refractivity contribution < 1.29 is 18.3 Å². The van der Waals surface area contributed by atoms with Crippen molar-refractivity contribution in [2.45, 2.75) is 13.5 Å². The molecule has 0 aliphatic heterocycles. The average Bonchev–Trinajstić information content (AvgIpc) is 2.73. The molecule has 3 aromatic carbocycles. The van der Waals surface area contributed by atoms with Crippen LogP contribution in [0.4, 0.5) is 8.78 Å². The number of hydrogen-bond donors (Lipinski definition) is 0. The number of hydrogen-bond acceptors (Lipinski definition) is 4. The minimum Gasteiger partial charge on any atom is -0.486 e. The van der Waals surface area contributed by atoms with Crippen molar-refractivity contribution in [1.82, 2.24) is 9.97 Å². The van der Waals surface area contributed by atoms with Gasteiger partial charge in [0.15, 0.2) is 17.3 Å². The number of fused-ring (bicyclic) bond motifs is 1. The Morgan fingerprint density at radius 2 is 1.79 bits per heavy atom. The molecule has 0 saturated heterocycles. The van der Waals surface area contributed by atoms with Crippen LogP contribution in [0.5, 0.6) is 5.75 Å². The van der Waals surface area contributed by atoms with Crippen LogP contribution in [-0.4, -0.2) is 15.8 Å². The zero-order chi connectivity index (χ0) is 20.4. The Bertz CT molecular complexity index is 1210. The summed E-state index contributed by atoms with van der Waals surface area (Å²) in [6.07, 6.45) is 1.61. The molecule has 6 heteroatoms. The fourth-order valence-corrected chi connectivity index (χ4v) is 2.98. The Kier molecular flexibility index (Phi) is 4.99. The van der Waals surface area contributed by atoms with Crippen LogP contribution in [0.1, 0.15) is 27.2 Å². The summed E-state index contributed by atoms with van der Waals surface area (Å²) in [5.74, 6) is -2.94. The van der Waals surface area contributed by atoms with Crippen LogP contribution in [0.25, 0.3) is 11.0 Å². The Morgan fingerprint density at radius 1 is 1.00 bits per heavy atom. The molecule has 4 rings (SSSR count). The van der Waals surface area contributed by atoms with Gasteiger partial charge in [-0.05, 0) is 42.8 Å². The summed E-state index contributed by atoms with van der Waals surface area (Å²) in [6.45, 7) is 1.87. The zero-order valence-electron chi connectivity index (χ0n) is 15.5. The molecule has 4 nitrogen and oxygen atoms in total. The Balaban J connectivity index is 1.67. The van der Waals surface area contributed by atoms with Gasteiger partial charge in [0.05, 0.1) is 22.3 Å². The molecule has 4 aromatic rings. The van der Waals surface area contributed by atoms with Crippen LogP contribution in [0, 0.1) is 18.6 Å². The van der Waals surface area contributed by atoms with Crippen molar-refractivity contribution in [3.63, 3.8) is 0 Å². The molecule has 0 N–H and O–H groups in total. The largest absolute Gasteiger partial charge is 0.486 e. The summed E-state index contributed by atoms with van der Waals surface area (Å²) < 4.78 is 34.8. The van der Waals surface area contributed by atoms with Gasteiger partial charge in [0, 0.05) is 11.8 Å². The number of nitrogens with zero attached hydrogens (tertiary/aromatic N) is 2. The van der Waals surface area contributed by atoms with E-state index in [9.17, 15) is 13.6 Å². The number of rotatable bonds is 5. The van der Waals surface area contributed by atoms with E-state index in [2.05, 4.69) is 9.97 Å². The molecule has 0 aliphatic rings. The van der Waals surface area contributed by atoms with Gasteiger partial charge in [0.1, 0.15) is 12.4 Å². The SMILES string of the molecule is Cc1cnc2ccc(C(=O)c3c(F)ccc(OCc4ccccc4)c3F)cc2n1. The molecule has 0 atom stereocenters. The molecule has 0 bridgehead atoms. The molecule has 29 heavy (non-hydrogen) atoms. The maximum Gasteiger partial charge on any atom is 0.199 e. The van der Waals surface area contributed by atoms with Crippen LogP contribution >= 0.6 is 0 Å². The standard InChI is InChI=1S/C23H16F2N2O2/c1-14-12-26-18-9-7-16(11-19(18)27-14)23(28)21-17(24)8-10-20(22(21)25)29-13-15-5-3-2-4-6-15/h2-12H,13H2,1H3. The molecular weight excluding hydrogens is 374 g/mol. The number of benzene rings is 3. The summed E-state index contributed by atoms with van der Waals surface area (Å²) in [4.78, 5) is 21.4. The van der Waals surface area contributed by atoms with Crippen molar-refractivity contribution in [1.29, 1.82) is 0 Å². The van der Waals surface area contributed by atoms with E-state index in [1.54, 1.807) is 19.2 Å². The highest BCUT2D eigenvalue weighted by Crippen LogP contribution is 2.27. The van der Waals surface area contributed by atoms with E-state index >= 15 is 0 Å². The number of ether oxygens (including phenoxy) is 1. The second kappa shape index (κ2) is 7.75. The quantitative estimate of drug-likeness (QED) is 0.449. The number of carbonyl (C=O) groups is 1. The van der Waals surface area contributed by atoms with Gasteiger partial charge in [0.25, 0.3) is 0 Å². The van der Waals surface area contributed by atoms with Crippen LogP contribution in [0.3, 0.4) is 0 Å². The third-order valence-electron chi connectivity index (χ3n) is 4.44. The van der Waals surface area contributed by atoms with Gasteiger partial charge in [0.2, 0.25) is 0 Å². The van der Waals surface area contributed by atoms with E-state index in [-0.39, 0.29) is 17.9 Å². The predicted octanol–water partition coefficient (Wildman–Crippen LogP) is 5.03. The fourth-order valence-electron chi connectivity index (χ4n) is 2.98. The number of aromatic nitrogens is 2. The summed E-state index contributed by atoms with van der Waals surface area (Å²) in [5.41, 5.74) is 2.04. The normalized spacial score (nSPS) is 10.9. The summed E-state index contributed by atoms with van der Waals surface area (Å²) >= 11 is 0. The average molecular weight is 390 g/mol. The van der Waals surface area contributed by atoms with Gasteiger partial charge < -0.3 is 4.74 Å². The van der Waals surface area contributed by atoms with Crippen molar-refractivity contribution in [2.24, 2.45) is 0 Å². The third kappa shape index (κ3) is 3.82. The van der Waals surface area contributed by atoms with E-state index < -0.39 is 23.0 Å². The molecule has 0 radical (unpaired) electrons. The van der Waals surface area contributed by atoms with E-state index in [0.29, 0.717) is 16.7 Å². The number of ketones is 1. The van der Waals surface area contributed by atoms with Crippen LogP contribution in [0.2, 0.25) is 0 Å². The van der Waals surface area contributed by atoms with Crippen LogP contribution in [-0.2, 0) is 6.61 Å². The first-order valence-electron chi connectivity index (χ1n) is 8.96. The second-order valence-corrected chi connectivity index (χ2v) is 6.55. The van der Waals surface area contributed by atoms with E-state index in [1.807, 2.05) is 30.3 Å². The highest BCUT2D eigenvalue weighted by atomic mass is 19.1. The molecule has 0 amide bonds. The Hall–Kier alpha value is -3.67. The minimum atomic E-state index is -1.03. The lowest BCUT2D eigenvalue weighted by Crippen LogP contribution is -2.10. The van der Waals surface area contributed by atoms with E-state index in [4.69, 9.17) is 4.74 Å². The lowest BCUT2D eigenvalue weighted by molar-refractivity contribution is 0.103. The van der Waals surface area contributed by atoms with Gasteiger partial charge in [-0.15, -0.1) is 0 Å². The number of halogens is 2. The smallest absolute Gasteiger partial charge is 0.199 e. The lowest BCUT2D eigenvalue weighted by atomic mass is 10.0. The second-order valence-electron chi connectivity index (χ2n) is 6.55. The highest BCUT2D eigenvalue weighted by Gasteiger charge is 2.23. The maximum absolute atomic E-state index is 14.9. The first-order valence-corrected chi connectivity index (χ1v) is 8.96. The third-order valence-corrected chi connectivity index (χ3v) is 4.44. The Labute approximate surface area is 165 Å². The monoisotopic (exact) mass is 390 g/mol. The van der Waals surface area contributed by atoms with Crippen molar-refractivity contribution in [3.05, 3.63) is 101 Å². The van der Waals surface area contributed by atoms with Crippen molar-refractivity contribution in [3.8, 4) is 5.75 Å². The molecule has 0 aliphatic carbocycles. The predicted molar refractivity (Wildman–Crippen MR) is 105 cm³/mol. The fraction of sp³-hybridized carbons (Fsp3) is 0.0870. The summed E-state index contributed by atoms with van der Waals surface area (Å²) in [5, 5.41) is 0. The maximum atomic E-state index is 14.9. The van der Waals surface area contributed by atoms with Crippen LogP contribution in [0.15, 0.2) is 66.9 Å². The topological polar surface area (TPSA) is 52.1 Å². The van der Waals surface area contributed by atoms with E-state index in [1.165, 1.54) is 18.2 Å². The van der Waals surface area contributed by atoms with Gasteiger partial charge in [-0.3, -0.25) is 9.78 Å². The lowest BCUT2D eigenvalue weighted by Gasteiger charge is -2.11. The van der Waals surface area contributed by atoms with Gasteiger partial charge in [-0.2, -0.15) is 0 Å². The summed E-state index contributed by atoms with van der Waals surface area (Å²) in [7, 11) is 0. The molecule has 1 heterocycles. The molecule has 0 fully saturated rings. The summed E-state index contributed by atoms with van der Waals surface area (Å²) in [6, 6.07) is 15.9.